The van der Waals surface area contributed by atoms with Crippen molar-refractivity contribution in [2.45, 2.75) is 41.0 Å². The van der Waals surface area contributed by atoms with E-state index >= 15 is 0 Å². The van der Waals surface area contributed by atoms with Crippen LogP contribution in [-0.4, -0.2) is 17.4 Å². The molecule has 1 aromatic heterocycles. The van der Waals surface area contributed by atoms with Gasteiger partial charge in [-0.05, 0) is 37.8 Å². The molecule has 0 fully saturated rings. The van der Waals surface area contributed by atoms with Gasteiger partial charge in [-0.3, -0.25) is 9.78 Å². The average Bonchev–Trinajstić information content (AvgIpc) is 2.28. The van der Waals surface area contributed by atoms with E-state index in [0.29, 0.717) is 6.54 Å². The second-order valence-corrected chi connectivity index (χ2v) is 6.27. The highest BCUT2D eigenvalue weighted by molar-refractivity contribution is 5.93. The molecular formula is C15H25N3O. The maximum Gasteiger partial charge on any atom is 0.228 e. The number of aromatic nitrogens is 1. The summed E-state index contributed by atoms with van der Waals surface area (Å²) >= 11 is 0. The summed E-state index contributed by atoms with van der Waals surface area (Å²) in [6.07, 6.45) is 0.771. The third-order valence-electron chi connectivity index (χ3n) is 3.00. The highest BCUT2D eigenvalue weighted by atomic mass is 16.1. The zero-order valence-corrected chi connectivity index (χ0v) is 12.6. The lowest BCUT2D eigenvalue weighted by Gasteiger charge is -2.24. The molecule has 0 aliphatic carbocycles. The van der Waals surface area contributed by atoms with Crippen LogP contribution in [0.1, 0.15) is 38.6 Å². The van der Waals surface area contributed by atoms with E-state index in [0.717, 1.165) is 23.5 Å². The summed E-state index contributed by atoms with van der Waals surface area (Å²) in [5, 5.41) is 2.93. The molecule has 1 rings (SSSR count). The fourth-order valence-corrected chi connectivity index (χ4v) is 2.08. The highest BCUT2D eigenvalue weighted by Gasteiger charge is 2.24. The van der Waals surface area contributed by atoms with Crippen LogP contribution in [0, 0.1) is 25.2 Å². The first-order valence-electron chi connectivity index (χ1n) is 6.68. The first-order valence-corrected chi connectivity index (χ1v) is 6.68. The Balaban J connectivity index is 2.77. The van der Waals surface area contributed by atoms with Crippen LogP contribution < -0.4 is 11.1 Å². The SMILES string of the molecule is Cc1ccc(NC(=O)C(CN)CC(C)(C)C)c(C)n1. The summed E-state index contributed by atoms with van der Waals surface area (Å²) in [7, 11) is 0. The van der Waals surface area contributed by atoms with Crippen molar-refractivity contribution < 1.29 is 4.79 Å². The number of hydrogen-bond acceptors (Lipinski definition) is 3. The molecule has 4 heteroatoms. The number of rotatable bonds is 4. The Labute approximate surface area is 115 Å². The number of nitrogens with one attached hydrogen (secondary N) is 1. The number of anilines is 1. The third kappa shape index (κ3) is 4.99. The monoisotopic (exact) mass is 263 g/mol. The van der Waals surface area contributed by atoms with E-state index in [1.54, 1.807) is 0 Å². The Morgan fingerprint density at radius 1 is 1.37 bits per heavy atom. The number of carbonyl (C=O) groups is 1. The van der Waals surface area contributed by atoms with E-state index in [-0.39, 0.29) is 17.2 Å². The van der Waals surface area contributed by atoms with E-state index in [1.807, 2.05) is 26.0 Å². The van der Waals surface area contributed by atoms with E-state index in [2.05, 4.69) is 31.1 Å². The zero-order valence-electron chi connectivity index (χ0n) is 12.6. The number of amides is 1. The number of nitrogens with two attached hydrogens (primary N) is 1. The Morgan fingerprint density at radius 3 is 2.47 bits per heavy atom. The summed E-state index contributed by atoms with van der Waals surface area (Å²) in [5.41, 5.74) is 8.35. The van der Waals surface area contributed by atoms with Gasteiger partial charge in [0, 0.05) is 12.2 Å². The molecule has 0 aromatic carbocycles. The number of nitrogens with zero attached hydrogens (tertiary/aromatic N) is 1. The molecule has 1 atom stereocenters. The van der Waals surface area contributed by atoms with Gasteiger partial charge in [-0.1, -0.05) is 20.8 Å². The molecule has 3 N–H and O–H groups in total. The standard InChI is InChI=1S/C15H25N3O/c1-10-6-7-13(11(2)17-10)18-14(19)12(9-16)8-15(3,4)5/h6-7,12H,8-9,16H2,1-5H3,(H,18,19). The van der Waals surface area contributed by atoms with Gasteiger partial charge in [0.2, 0.25) is 5.91 Å². The zero-order chi connectivity index (χ0) is 14.6. The molecule has 0 saturated heterocycles. The van der Waals surface area contributed by atoms with E-state index < -0.39 is 0 Å². The molecule has 106 valence electrons. The normalized spacial score (nSPS) is 13.2. The second-order valence-electron chi connectivity index (χ2n) is 6.27. The molecule has 0 saturated carbocycles. The fourth-order valence-electron chi connectivity index (χ4n) is 2.08. The van der Waals surface area contributed by atoms with Gasteiger partial charge in [-0.2, -0.15) is 0 Å². The molecule has 0 radical (unpaired) electrons. The van der Waals surface area contributed by atoms with Crippen LogP contribution in [0.3, 0.4) is 0 Å². The third-order valence-corrected chi connectivity index (χ3v) is 3.00. The van der Waals surface area contributed by atoms with Crippen LogP contribution >= 0.6 is 0 Å². The van der Waals surface area contributed by atoms with Crippen LogP contribution in [0.2, 0.25) is 0 Å². The van der Waals surface area contributed by atoms with Crippen molar-refractivity contribution in [3.05, 3.63) is 23.5 Å². The largest absolute Gasteiger partial charge is 0.330 e. The minimum absolute atomic E-state index is 0.0221. The lowest BCUT2D eigenvalue weighted by molar-refractivity contribution is -0.120. The van der Waals surface area contributed by atoms with Crippen molar-refractivity contribution >= 4 is 11.6 Å². The smallest absolute Gasteiger partial charge is 0.228 e. The predicted octanol–water partition coefficient (Wildman–Crippen LogP) is 2.65. The van der Waals surface area contributed by atoms with Crippen LogP contribution in [0.4, 0.5) is 5.69 Å². The van der Waals surface area contributed by atoms with Crippen molar-refractivity contribution in [1.29, 1.82) is 0 Å². The van der Waals surface area contributed by atoms with Gasteiger partial charge in [-0.25, -0.2) is 0 Å². The minimum Gasteiger partial charge on any atom is -0.330 e. The van der Waals surface area contributed by atoms with Gasteiger partial charge in [0.05, 0.1) is 17.3 Å². The van der Waals surface area contributed by atoms with Crippen LogP contribution in [-0.2, 0) is 4.79 Å². The van der Waals surface area contributed by atoms with Crippen molar-refractivity contribution in [2.24, 2.45) is 17.1 Å². The number of pyridine rings is 1. The predicted molar refractivity (Wildman–Crippen MR) is 79.0 cm³/mol. The van der Waals surface area contributed by atoms with Gasteiger partial charge in [0.25, 0.3) is 0 Å². The minimum atomic E-state index is -0.166. The van der Waals surface area contributed by atoms with E-state index in [4.69, 9.17) is 5.73 Å². The molecule has 0 spiro atoms. The summed E-state index contributed by atoms with van der Waals surface area (Å²) in [6.45, 7) is 10.5. The molecule has 1 amide bonds. The van der Waals surface area contributed by atoms with Crippen molar-refractivity contribution in [3.63, 3.8) is 0 Å². The maximum atomic E-state index is 12.2. The lowest BCUT2D eigenvalue weighted by Crippen LogP contribution is -2.32. The topological polar surface area (TPSA) is 68.0 Å². The molecule has 19 heavy (non-hydrogen) atoms. The summed E-state index contributed by atoms with van der Waals surface area (Å²) in [6, 6.07) is 3.78. The van der Waals surface area contributed by atoms with Crippen molar-refractivity contribution in [1.82, 2.24) is 4.98 Å². The quantitative estimate of drug-likeness (QED) is 0.877. The first-order chi connectivity index (χ1) is 8.73. The van der Waals surface area contributed by atoms with Gasteiger partial charge in [0.1, 0.15) is 0 Å². The maximum absolute atomic E-state index is 12.2. The van der Waals surface area contributed by atoms with Gasteiger partial charge in [-0.15, -0.1) is 0 Å². The second kappa shape index (κ2) is 6.15. The van der Waals surface area contributed by atoms with Crippen molar-refractivity contribution in [2.75, 3.05) is 11.9 Å². The van der Waals surface area contributed by atoms with Gasteiger partial charge in [0.15, 0.2) is 0 Å². The summed E-state index contributed by atoms with van der Waals surface area (Å²) in [4.78, 5) is 16.6. The first kappa shape index (κ1) is 15.6. The Morgan fingerprint density at radius 2 is 2.00 bits per heavy atom. The summed E-state index contributed by atoms with van der Waals surface area (Å²) < 4.78 is 0. The summed E-state index contributed by atoms with van der Waals surface area (Å²) in [5.74, 6) is -0.188. The van der Waals surface area contributed by atoms with E-state index in [1.165, 1.54) is 0 Å². The Hall–Kier alpha value is -1.42. The van der Waals surface area contributed by atoms with Crippen LogP contribution in [0.15, 0.2) is 12.1 Å². The fraction of sp³-hybridized carbons (Fsp3) is 0.600. The van der Waals surface area contributed by atoms with Crippen LogP contribution in [0.5, 0.6) is 0 Å². The molecule has 0 aliphatic rings. The molecule has 0 bridgehead atoms. The molecule has 0 aliphatic heterocycles. The number of hydrogen-bond donors (Lipinski definition) is 2. The van der Waals surface area contributed by atoms with E-state index in [9.17, 15) is 4.79 Å². The number of carbonyl (C=O) groups excluding carboxylic acids is 1. The molecular weight excluding hydrogens is 238 g/mol. The molecule has 1 aromatic rings. The Kier molecular flexibility index (Phi) is 5.06. The molecule has 4 nitrogen and oxygen atoms in total. The number of aryl methyl sites for hydroxylation is 2. The average molecular weight is 263 g/mol. The lowest BCUT2D eigenvalue weighted by atomic mass is 9.84. The van der Waals surface area contributed by atoms with Gasteiger partial charge < -0.3 is 11.1 Å². The van der Waals surface area contributed by atoms with Crippen molar-refractivity contribution in [3.8, 4) is 0 Å². The van der Waals surface area contributed by atoms with Gasteiger partial charge >= 0.3 is 0 Å². The molecule has 1 unspecified atom stereocenters. The van der Waals surface area contributed by atoms with Crippen LogP contribution in [0.25, 0.3) is 0 Å². The Bertz CT molecular complexity index is 449. The molecule has 1 heterocycles. The highest BCUT2D eigenvalue weighted by Crippen LogP contribution is 2.25.